The van der Waals surface area contributed by atoms with Gasteiger partial charge in [-0.3, -0.25) is 9.59 Å². The van der Waals surface area contributed by atoms with Gasteiger partial charge in [-0.25, -0.2) is 0 Å². The molecular formula is C9H17NO3. The zero-order valence-corrected chi connectivity index (χ0v) is 8.33. The van der Waals surface area contributed by atoms with Crippen molar-refractivity contribution >= 4 is 11.9 Å². The fourth-order valence-electron chi connectivity index (χ4n) is 0.756. The molecule has 0 heterocycles. The summed E-state index contributed by atoms with van der Waals surface area (Å²) < 4.78 is 0. The Labute approximate surface area is 78.3 Å². The lowest BCUT2D eigenvalue weighted by atomic mass is 9.97. The highest BCUT2D eigenvalue weighted by Gasteiger charge is 2.15. The zero-order chi connectivity index (χ0) is 10.4. The summed E-state index contributed by atoms with van der Waals surface area (Å²) >= 11 is 0. The van der Waals surface area contributed by atoms with Crippen LogP contribution in [0.4, 0.5) is 0 Å². The molecule has 0 aromatic rings. The van der Waals surface area contributed by atoms with Crippen molar-refractivity contribution < 1.29 is 14.7 Å². The minimum atomic E-state index is -0.891. The summed E-state index contributed by atoms with van der Waals surface area (Å²) in [7, 11) is 0. The Morgan fingerprint density at radius 2 is 1.85 bits per heavy atom. The quantitative estimate of drug-likeness (QED) is 0.671. The van der Waals surface area contributed by atoms with Gasteiger partial charge in [-0.2, -0.15) is 0 Å². The van der Waals surface area contributed by atoms with Crippen molar-refractivity contribution in [2.24, 2.45) is 11.8 Å². The lowest BCUT2D eigenvalue weighted by Gasteiger charge is -2.14. The van der Waals surface area contributed by atoms with E-state index in [2.05, 4.69) is 5.32 Å². The van der Waals surface area contributed by atoms with Crippen molar-refractivity contribution in [1.29, 1.82) is 0 Å². The van der Waals surface area contributed by atoms with E-state index >= 15 is 0 Å². The molecule has 0 bridgehead atoms. The van der Waals surface area contributed by atoms with Gasteiger partial charge in [-0.05, 0) is 5.92 Å². The number of carboxylic acid groups (broad SMARTS) is 1. The molecule has 1 unspecified atom stereocenters. The fraction of sp³-hybridized carbons (Fsp3) is 0.778. The van der Waals surface area contributed by atoms with Gasteiger partial charge in [0, 0.05) is 12.5 Å². The van der Waals surface area contributed by atoms with Crippen LogP contribution in [0.5, 0.6) is 0 Å². The Morgan fingerprint density at radius 3 is 2.23 bits per heavy atom. The Morgan fingerprint density at radius 1 is 1.31 bits per heavy atom. The molecular weight excluding hydrogens is 170 g/mol. The van der Waals surface area contributed by atoms with E-state index < -0.39 is 5.97 Å². The summed E-state index contributed by atoms with van der Waals surface area (Å²) in [5.74, 6) is -0.743. The molecule has 0 saturated carbocycles. The van der Waals surface area contributed by atoms with E-state index in [1.807, 2.05) is 20.8 Å². The normalized spacial score (nSPS) is 12.6. The van der Waals surface area contributed by atoms with Gasteiger partial charge in [0.25, 0.3) is 0 Å². The maximum atomic E-state index is 11.3. The maximum absolute atomic E-state index is 11.3. The lowest BCUT2D eigenvalue weighted by Crippen LogP contribution is -2.33. The first-order valence-electron chi connectivity index (χ1n) is 4.44. The summed E-state index contributed by atoms with van der Waals surface area (Å²) in [5, 5.41) is 10.9. The summed E-state index contributed by atoms with van der Waals surface area (Å²) in [5.41, 5.74) is 0. The number of amides is 1. The molecule has 0 radical (unpaired) electrons. The second kappa shape index (κ2) is 5.56. The molecule has 0 aromatic heterocycles. The second-order valence-electron chi connectivity index (χ2n) is 3.47. The third-order valence-corrected chi connectivity index (χ3v) is 2.05. The number of hydrogen-bond acceptors (Lipinski definition) is 2. The van der Waals surface area contributed by atoms with Crippen molar-refractivity contribution in [2.45, 2.75) is 27.2 Å². The summed E-state index contributed by atoms with van der Waals surface area (Å²) in [6.45, 7) is 5.97. The van der Waals surface area contributed by atoms with Crippen LogP contribution in [0.2, 0.25) is 0 Å². The summed E-state index contributed by atoms with van der Waals surface area (Å²) in [4.78, 5) is 21.4. The van der Waals surface area contributed by atoms with Crippen molar-refractivity contribution in [1.82, 2.24) is 5.32 Å². The third kappa shape index (κ3) is 5.22. The number of hydrogen-bond donors (Lipinski definition) is 2. The lowest BCUT2D eigenvalue weighted by molar-refractivity contribution is -0.137. The number of aliphatic carboxylic acids is 1. The van der Waals surface area contributed by atoms with Crippen LogP contribution >= 0.6 is 0 Å². The highest BCUT2D eigenvalue weighted by molar-refractivity contribution is 5.79. The SMILES string of the molecule is CC(C)C(C)C(=O)NCCC(=O)O. The topological polar surface area (TPSA) is 66.4 Å². The molecule has 0 rings (SSSR count). The molecule has 0 saturated heterocycles. The molecule has 4 heteroatoms. The Bertz CT molecular complexity index is 189. The largest absolute Gasteiger partial charge is 0.481 e. The van der Waals surface area contributed by atoms with Crippen LogP contribution in [-0.2, 0) is 9.59 Å². The van der Waals surface area contributed by atoms with E-state index in [4.69, 9.17) is 5.11 Å². The molecule has 0 aromatic carbocycles. The number of carbonyl (C=O) groups excluding carboxylic acids is 1. The number of rotatable bonds is 5. The highest BCUT2D eigenvalue weighted by atomic mass is 16.4. The van der Waals surface area contributed by atoms with E-state index in [1.165, 1.54) is 0 Å². The first kappa shape index (κ1) is 11.9. The minimum absolute atomic E-state index is 0.0173. The van der Waals surface area contributed by atoms with Crippen LogP contribution in [0.25, 0.3) is 0 Å². The van der Waals surface area contributed by atoms with Crippen molar-refractivity contribution in [2.75, 3.05) is 6.54 Å². The molecule has 0 aliphatic heterocycles. The molecule has 1 atom stereocenters. The summed E-state index contributed by atoms with van der Waals surface area (Å²) in [6.07, 6.45) is -0.0173. The molecule has 76 valence electrons. The van der Waals surface area contributed by atoms with Gasteiger partial charge in [-0.1, -0.05) is 20.8 Å². The van der Waals surface area contributed by atoms with Gasteiger partial charge in [0.2, 0.25) is 5.91 Å². The van der Waals surface area contributed by atoms with Crippen LogP contribution in [-0.4, -0.2) is 23.5 Å². The van der Waals surface area contributed by atoms with E-state index in [9.17, 15) is 9.59 Å². The van der Waals surface area contributed by atoms with Crippen LogP contribution in [0.15, 0.2) is 0 Å². The van der Waals surface area contributed by atoms with Gasteiger partial charge in [0.05, 0.1) is 6.42 Å². The third-order valence-electron chi connectivity index (χ3n) is 2.05. The van der Waals surface area contributed by atoms with Crippen molar-refractivity contribution in [3.05, 3.63) is 0 Å². The van der Waals surface area contributed by atoms with Crippen LogP contribution < -0.4 is 5.32 Å². The Kier molecular flexibility index (Phi) is 5.11. The molecule has 2 N–H and O–H groups in total. The standard InChI is InChI=1S/C9H17NO3/c1-6(2)7(3)9(13)10-5-4-8(11)12/h6-7H,4-5H2,1-3H3,(H,10,13)(H,11,12). The predicted molar refractivity (Wildman–Crippen MR) is 49.3 cm³/mol. The number of carboxylic acids is 1. The first-order chi connectivity index (χ1) is 5.95. The monoisotopic (exact) mass is 187 g/mol. The van der Waals surface area contributed by atoms with Crippen LogP contribution in [0, 0.1) is 11.8 Å². The zero-order valence-electron chi connectivity index (χ0n) is 8.33. The van der Waals surface area contributed by atoms with E-state index in [-0.39, 0.29) is 30.7 Å². The predicted octanol–water partition coefficient (Wildman–Crippen LogP) is 0.869. The summed E-state index contributed by atoms with van der Waals surface area (Å²) in [6, 6.07) is 0. The fourth-order valence-corrected chi connectivity index (χ4v) is 0.756. The first-order valence-corrected chi connectivity index (χ1v) is 4.44. The minimum Gasteiger partial charge on any atom is -0.481 e. The number of nitrogens with one attached hydrogen (secondary N) is 1. The Balaban J connectivity index is 3.68. The average Bonchev–Trinajstić information content (AvgIpc) is 2.02. The van der Waals surface area contributed by atoms with Gasteiger partial charge in [0.15, 0.2) is 0 Å². The van der Waals surface area contributed by atoms with E-state index in [0.29, 0.717) is 0 Å². The molecule has 0 aliphatic rings. The van der Waals surface area contributed by atoms with Crippen molar-refractivity contribution in [3.63, 3.8) is 0 Å². The highest BCUT2D eigenvalue weighted by Crippen LogP contribution is 2.08. The van der Waals surface area contributed by atoms with Gasteiger partial charge in [0.1, 0.15) is 0 Å². The molecule has 4 nitrogen and oxygen atoms in total. The van der Waals surface area contributed by atoms with Crippen molar-refractivity contribution in [3.8, 4) is 0 Å². The van der Waals surface area contributed by atoms with Gasteiger partial charge >= 0.3 is 5.97 Å². The van der Waals surface area contributed by atoms with Gasteiger partial charge in [-0.15, -0.1) is 0 Å². The van der Waals surface area contributed by atoms with E-state index in [0.717, 1.165) is 0 Å². The molecule has 13 heavy (non-hydrogen) atoms. The molecule has 0 aliphatic carbocycles. The molecule has 1 amide bonds. The Hall–Kier alpha value is -1.06. The molecule has 0 spiro atoms. The van der Waals surface area contributed by atoms with Crippen LogP contribution in [0.1, 0.15) is 27.2 Å². The molecule has 0 fully saturated rings. The number of carbonyl (C=O) groups is 2. The maximum Gasteiger partial charge on any atom is 0.305 e. The van der Waals surface area contributed by atoms with E-state index in [1.54, 1.807) is 0 Å². The average molecular weight is 187 g/mol. The van der Waals surface area contributed by atoms with Crippen LogP contribution in [0.3, 0.4) is 0 Å². The van der Waals surface area contributed by atoms with Gasteiger partial charge < -0.3 is 10.4 Å². The second-order valence-corrected chi connectivity index (χ2v) is 3.47. The smallest absolute Gasteiger partial charge is 0.305 e.